The molecule has 70 heavy (non-hydrogen) atoms. The van der Waals surface area contributed by atoms with Gasteiger partial charge in [-0.1, -0.05) is 19.3 Å². The molecule has 5 amide bonds. The number of carboxylic acid groups (broad SMARTS) is 3. The lowest BCUT2D eigenvalue weighted by molar-refractivity contribution is -0.141. The zero-order valence-corrected chi connectivity index (χ0v) is 40.5. The molecule has 0 heterocycles. The fraction of sp³-hybridized carbons (Fsp3) is 0.837. The molecule has 2 atom stereocenters. The number of unbranched alkanes of at least 4 members (excludes halogenated alkanes) is 4. The third-order valence-corrected chi connectivity index (χ3v) is 9.12. The highest BCUT2D eigenvalue weighted by atomic mass is 16.6. The third-order valence-electron chi connectivity index (χ3n) is 9.12. The quantitative estimate of drug-likeness (QED) is 0.0249. The number of hydrogen-bond acceptors (Lipinski definition) is 19. The van der Waals surface area contributed by atoms with Gasteiger partial charge in [0.2, 0.25) is 17.7 Å². The topological polar surface area (TPSA) is 368 Å². The van der Waals surface area contributed by atoms with Crippen LogP contribution in [0.25, 0.3) is 0 Å². The van der Waals surface area contributed by atoms with Crippen LogP contribution in [0.3, 0.4) is 0 Å². The van der Waals surface area contributed by atoms with Gasteiger partial charge in [-0.25, -0.2) is 20.3 Å². The molecule has 0 aromatic rings. The molecule has 0 aliphatic heterocycles. The summed E-state index contributed by atoms with van der Waals surface area (Å²) < 4.78 is 54.5. The smallest absolute Gasteiger partial charge is 0.326 e. The second-order valence-electron chi connectivity index (χ2n) is 14.9. The Morgan fingerprint density at radius 2 is 0.686 bits per heavy atom. The van der Waals surface area contributed by atoms with Crippen LogP contribution in [0.4, 0.5) is 4.79 Å². The number of ether oxygens (including phenoxy) is 10. The summed E-state index contributed by atoms with van der Waals surface area (Å²) in [5.74, 6) is -0.108. The highest BCUT2D eigenvalue weighted by Gasteiger charge is 2.25. The van der Waals surface area contributed by atoms with Crippen molar-refractivity contribution in [3.05, 3.63) is 0 Å². The van der Waals surface area contributed by atoms with Crippen molar-refractivity contribution < 1.29 is 101 Å². The summed E-state index contributed by atoms with van der Waals surface area (Å²) in [5, 5.41) is 39.5. The molecular weight excluding hydrogens is 936 g/mol. The average Bonchev–Trinajstić information content (AvgIpc) is 3.32. The van der Waals surface area contributed by atoms with E-state index in [1.807, 2.05) is 5.32 Å². The Bertz CT molecular complexity index is 1360. The normalized spacial score (nSPS) is 12.0. The number of nitrogens with two attached hydrogens (primary N) is 1. The molecule has 0 radical (unpaired) electrons. The van der Waals surface area contributed by atoms with E-state index in [2.05, 4.69) is 26.1 Å². The maximum atomic E-state index is 12.2. The van der Waals surface area contributed by atoms with Crippen LogP contribution in [-0.2, 0) is 81.0 Å². The summed E-state index contributed by atoms with van der Waals surface area (Å²) in [6.45, 7) is 9.51. The summed E-state index contributed by atoms with van der Waals surface area (Å²) in [4.78, 5) is 85.1. The van der Waals surface area contributed by atoms with Crippen LogP contribution in [0.1, 0.15) is 64.2 Å². The van der Waals surface area contributed by atoms with Crippen molar-refractivity contribution in [2.75, 3.05) is 158 Å². The van der Waals surface area contributed by atoms with Gasteiger partial charge >= 0.3 is 23.9 Å². The summed E-state index contributed by atoms with van der Waals surface area (Å²) in [7, 11) is 0. The van der Waals surface area contributed by atoms with Crippen LogP contribution in [0.15, 0.2) is 0 Å². The van der Waals surface area contributed by atoms with Gasteiger partial charge < -0.3 is 89.3 Å². The standard InChI is InChI=1S/C43H80N6O21/c44-70-34-39(52)47-13-15-61-17-19-63-21-23-65-25-27-67-29-31-69-33-32-68-30-28-66-26-24-64-22-20-62-18-16-60-14-12-46-37(50)6-4-2-1-3-5-11-45-38(51)9-7-35(41(55)56)48-43(59)49-36(42(57)58)8-10-40(53)54/h35-36H,1-34,44H2,(H,45,51)(H,46,50)(H,47,52)(H,53,54)(H,55,56)(H,57,58)(H2,48,49,59)/t35-,36-/m0/s1. The molecule has 0 rings (SSSR count). The summed E-state index contributed by atoms with van der Waals surface area (Å²) >= 11 is 0. The molecule has 0 spiro atoms. The Balaban J connectivity index is 3.43. The maximum Gasteiger partial charge on any atom is 0.326 e. The Hall–Kier alpha value is -4.39. The first kappa shape index (κ1) is 65.6. The second kappa shape index (κ2) is 49.6. The number of carbonyl (C=O) groups is 7. The lowest BCUT2D eigenvalue weighted by Gasteiger charge is -2.18. The largest absolute Gasteiger partial charge is 0.481 e. The van der Waals surface area contributed by atoms with Crippen LogP contribution in [0, 0.1) is 0 Å². The van der Waals surface area contributed by atoms with Crippen molar-refractivity contribution in [3.8, 4) is 0 Å². The van der Waals surface area contributed by atoms with Crippen molar-refractivity contribution in [1.29, 1.82) is 0 Å². The van der Waals surface area contributed by atoms with E-state index in [-0.39, 0.29) is 31.3 Å². The Morgan fingerprint density at radius 3 is 1.06 bits per heavy atom. The molecule has 0 aliphatic carbocycles. The molecule has 27 nitrogen and oxygen atoms in total. The molecular formula is C43H80N6O21. The van der Waals surface area contributed by atoms with Crippen LogP contribution in [0.5, 0.6) is 0 Å². The number of carboxylic acids is 3. The highest BCUT2D eigenvalue weighted by molar-refractivity contribution is 5.86. The summed E-state index contributed by atoms with van der Waals surface area (Å²) in [6.07, 6.45) is 2.96. The molecule has 0 aliphatic rings. The minimum atomic E-state index is -1.53. The SMILES string of the molecule is NOCC(=O)NCCOCCOCCOCCOCCOCCOCCOCCOCCOCCOCCNC(=O)CCCCCCCNC(=O)CC[C@H](NC(=O)N[C@@H](CCC(=O)O)C(=O)O)C(=O)O. The van der Waals surface area contributed by atoms with Gasteiger partial charge in [-0.3, -0.25) is 24.0 Å². The molecule has 0 aromatic carbocycles. The van der Waals surface area contributed by atoms with E-state index in [1.54, 1.807) is 0 Å². The van der Waals surface area contributed by atoms with Gasteiger partial charge in [-0.15, -0.1) is 0 Å². The predicted molar refractivity (Wildman–Crippen MR) is 246 cm³/mol. The van der Waals surface area contributed by atoms with Crippen molar-refractivity contribution >= 4 is 41.7 Å². The zero-order chi connectivity index (χ0) is 51.6. The van der Waals surface area contributed by atoms with Gasteiger partial charge in [0.1, 0.15) is 18.7 Å². The number of carbonyl (C=O) groups excluding carboxylic acids is 4. The minimum Gasteiger partial charge on any atom is -0.481 e. The number of hydrogen-bond donors (Lipinski definition) is 9. The van der Waals surface area contributed by atoms with E-state index in [0.29, 0.717) is 171 Å². The molecule has 0 bridgehead atoms. The number of urea groups is 1. The molecule has 0 fully saturated rings. The van der Waals surface area contributed by atoms with Crippen molar-refractivity contribution in [2.24, 2.45) is 5.90 Å². The van der Waals surface area contributed by atoms with E-state index in [9.17, 15) is 38.7 Å². The third kappa shape index (κ3) is 47.3. The van der Waals surface area contributed by atoms with Gasteiger partial charge in [0, 0.05) is 38.9 Å². The van der Waals surface area contributed by atoms with Gasteiger partial charge in [-0.2, -0.15) is 0 Å². The molecule has 10 N–H and O–H groups in total. The van der Waals surface area contributed by atoms with Crippen molar-refractivity contribution in [1.82, 2.24) is 26.6 Å². The molecule has 27 heteroatoms. The summed E-state index contributed by atoms with van der Waals surface area (Å²) in [5.41, 5.74) is 0. The van der Waals surface area contributed by atoms with Gasteiger partial charge in [0.05, 0.1) is 132 Å². The van der Waals surface area contributed by atoms with E-state index in [1.165, 1.54) is 0 Å². The van der Waals surface area contributed by atoms with Crippen LogP contribution in [0.2, 0.25) is 0 Å². The molecule has 0 aromatic heterocycles. The van der Waals surface area contributed by atoms with Crippen molar-refractivity contribution in [3.63, 3.8) is 0 Å². The Kier molecular flexibility index (Phi) is 46.5. The van der Waals surface area contributed by atoms with Crippen LogP contribution in [-0.4, -0.2) is 227 Å². The van der Waals surface area contributed by atoms with Crippen molar-refractivity contribution in [2.45, 2.75) is 76.3 Å². The lowest BCUT2D eigenvalue weighted by atomic mass is 10.1. The number of amides is 5. The first-order valence-electron chi connectivity index (χ1n) is 23.6. The predicted octanol–water partition coefficient (Wildman–Crippen LogP) is -1.42. The fourth-order valence-electron chi connectivity index (χ4n) is 5.49. The van der Waals surface area contributed by atoms with Gasteiger partial charge in [0.25, 0.3) is 0 Å². The van der Waals surface area contributed by atoms with Crippen LogP contribution >= 0.6 is 0 Å². The zero-order valence-electron chi connectivity index (χ0n) is 40.5. The maximum absolute atomic E-state index is 12.2. The minimum absolute atomic E-state index is 0.0621. The second-order valence-corrected chi connectivity index (χ2v) is 14.9. The first-order chi connectivity index (χ1) is 34.0. The average molecular weight is 1020 g/mol. The number of rotatable bonds is 53. The van der Waals surface area contributed by atoms with Gasteiger partial charge in [0.15, 0.2) is 0 Å². The number of nitrogens with one attached hydrogen (secondary N) is 5. The molecule has 0 saturated carbocycles. The van der Waals surface area contributed by atoms with E-state index in [4.69, 9.17) is 63.5 Å². The summed E-state index contributed by atoms with van der Waals surface area (Å²) in [6, 6.07) is -4.10. The van der Waals surface area contributed by atoms with E-state index in [0.717, 1.165) is 19.3 Å². The Morgan fingerprint density at radius 1 is 0.371 bits per heavy atom. The van der Waals surface area contributed by atoms with Crippen LogP contribution < -0.4 is 32.5 Å². The lowest BCUT2D eigenvalue weighted by Crippen LogP contribution is -2.51. The highest BCUT2D eigenvalue weighted by Crippen LogP contribution is 2.06. The Labute approximate surface area is 409 Å². The first-order valence-corrected chi connectivity index (χ1v) is 23.6. The monoisotopic (exact) mass is 1020 g/mol. The van der Waals surface area contributed by atoms with E-state index >= 15 is 0 Å². The van der Waals surface area contributed by atoms with E-state index < -0.39 is 54.8 Å². The molecule has 0 unspecified atom stereocenters. The number of aliphatic carboxylic acids is 3. The van der Waals surface area contributed by atoms with Gasteiger partial charge in [-0.05, 0) is 25.7 Å². The molecule has 0 saturated heterocycles. The fourth-order valence-corrected chi connectivity index (χ4v) is 5.49. The molecule has 408 valence electrons.